The second kappa shape index (κ2) is 10.2. The molecule has 0 aliphatic carbocycles. The number of nitrogens with zero attached hydrogens (tertiary/aromatic N) is 1. The topological polar surface area (TPSA) is 84.9 Å². The first-order valence-electron chi connectivity index (χ1n) is 10.4. The number of aryl methyl sites for hydroxylation is 2. The van der Waals surface area contributed by atoms with Gasteiger partial charge < -0.3 is 14.8 Å². The number of ether oxygens (including phenoxy) is 2. The van der Waals surface area contributed by atoms with E-state index in [2.05, 4.69) is 5.32 Å². The van der Waals surface area contributed by atoms with Crippen molar-refractivity contribution >= 4 is 15.9 Å². The molecular formula is C23H30N2O5S. The molecule has 0 radical (unpaired) electrons. The predicted molar refractivity (Wildman–Crippen MR) is 119 cm³/mol. The van der Waals surface area contributed by atoms with Gasteiger partial charge in [-0.2, -0.15) is 4.31 Å². The van der Waals surface area contributed by atoms with Crippen molar-refractivity contribution < 1.29 is 22.7 Å². The second-order valence-corrected chi connectivity index (χ2v) is 9.65. The van der Waals surface area contributed by atoms with Crippen LogP contribution in [0.15, 0.2) is 47.4 Å². The molecule has 0 bridgehead atoms. The van der Waals surface area contributed by atoms with Crippen LogP contribution in [-0.4, -0.2) is 51.5 Å². The highest BCUT2D eigenvalue weighted by Gasteiger charge is 2.32. The van der Waals surface area contributed by atoms with E-state index in [4.69, 9.17) is 9.47 Å². The van der Waals surface area contributed by atoms with Crippen LogP contribution in [0.25, 0.3) is 0 Å². The molecule has 8 heteroatoms. The molecule has 1 heterocycles. The van der Waals surface area contributed by atoms with E-state index in [1.807, 2.05) is 44.2 Å². The number of carbonyl (C=O) groups is 1. The van der Waals surface area contributed by atoms with Gasteiger partial charge in [0.2, 0.25) is 15.9 Å². The Morgan fingerprint density at radius 2 is 1.74 bits per heavy atom. The lowest BCUT2D eigenvalue weighted by Crippen LogP contribution is -2.46. The molecule has 1 N–H and O–H groups in total. The van der Waals surface area contributed by atoms with Crippen molar-refractivity contribution in [2.45, 2.75) is 44.0 Å². The molecule has 0 aromatic heterocycles. The summed E-state index contributed by atoms with van der Waals surface area (Å²) in [6, 6.07) is 12.7. The van der Waals surface area contributed by atoms with Crippen molar-refractivity contribution in [3.05, 3.63) is 53.6 Å². The zero-order chi connectivity index (χ0) is 22.4. The Morgan fingerprint density at radius 3 is 2.39 bits per heavy atom. The summed E-state index contributed by atoms with van der Waals surface area (Å²) in [5.41, 5.74) is 1.88. The Balaban J connectivity index is 1.52. The van der Waals surface area contributed by atoms with Gasteiger partial charge in [-0.3, -0.25) is 4.79 Å². The van der Waals surface area contributed by atoms with Gasteiger partial charge in [-0.25, -0.2) is 8.42 Å². The molecular weight excluding hydrogens is 416 g/mol. The van der Waals surface area contributed by atoms with Gasteiger partial charge in [0, 0.05) is 19.1 Å². The van der Waals surface area contributed by atoms with Crippen molar-refractivity contribution in [3.8, 4) is 11.5 Å². The van der Waals surface area contributed by atoms with Crippen molar-refractivity contribution in [2.24, 2.45) is 0 Å². The summed E-state index contributed by atoms with van der Waals surface area (Å²) in [7, 11) is -2.19. The number of rotatable bonds is 8. The second-order valence-electron chi connectivity index (χ2n) is 7.74. The summed E-state index contributed by atoms with van der Waals surface area (Å²) in [5, 5.41) is 2.99. The van der Waals surface area contributed by atoms with E-state index >= 15 is 0 Å². The summed E-state index contributed by atoms with van der Waals surface area (Å²) in [5.74, 6) is 1.00. The predicted octanol–water partition coefficient (Wildman–Crippen LogP) is 3.05. The zero-order valence-electron chi connectivity index (χ0n) is 18.3. The summed E-state index contributed by atoms with van der Waals surface area (Å²) in [4.78, 5) is 12.4. The molecule has 1 fully saturated rings. The van der Waals surface area contributed by atoms with Crippen LogP contribution in [0.3, 0.4) is 0 Å². The molecule has 0 unspecified atom stereocenters. The normalized spacial score (nSPS) is 15.5. The van der Waals surface area contributed by atoms with Gasteiger partial charge in [0.05, 0.1) is 20.1 Å². The monoisotopic (exact) mass is 446 g/mol. The van der Waals surface area contributed by atoms with Crippen molar-refractivity contribution in [1.82, 2.24) is 9.62 Å². The summed E-state index contributed by atoms with van der Waals surface area (Å²) in [6.45, 7) is 4.81. The van der Waals surface area contributed by atoms with Gasteiger partial charge in [-0.15, -0.1) is 0 Å². The molecule has 1 aliphatic rings. The molecule has 7 nitrogen and oxygen atoms in total. The lowest BCUT2D eigenvalue weighted by Gasteiger charge is -2.32. The van der Waals surface area contributed by atoms with E-state index < -0.39 is 10.0 Å². The molecule has 31 heavy (non-hydrogen) atoms. The summed E-state index contributed by atoms with van der Waals surface area (Å²) in [6.07, 6.45) is 1.39. The number of benzene rings is 2. The van der Waals surface area contributed by atoms with Crippen LogP contribution >= 0.6 is 0 Å². The van der Waals surface area contributed by atoms with E-state index in [-0.39, 0.29) is 23.3 Å². The Kier molecular flexibility index (Phi) is 7.56. The highest BCUT2D eigenvalue weighted by molar-refractivity contribution is 7.89. The highest BCUT2D eigenvalue weighted by atomic mass is 32.2. The largest absolute Gasteiger partial charge is 0.495 e. The number of para-hydroxylation sites is 1. The van der Waals surface area contributed by atoms with E-state index in [1.165, 1.54) is 11.4 Å². The lowest BCUT2D eigenvalue weighted by atomic mass is 10.1. The van der Waals surface area contributed by atoms with E-state index in [9.17, 15) is 13.2 Å². The molecule has 0 saturated carbocycles. The molecule has 2 aromatic rings. The van der Waals surface area contributed by atoms with E-state index in [1.54, 1.807) is 12.1 Å². The first-order valence-corrected chi connectivity index (χ1v) is 11.9. The number of methoxy groups -OCH3 is 1. The number of nitrogens with one attached hydrogen (secondary N) is 1. The quantitative estimate of drug-likeness (QED) is 0.674. The minimum atomic E-state index is -3.67. The fraction of sp³-hybridized carbons (Fsp3) is 0.435. The Morgan fingerprint density at radius 1 is 1.10 bits per heavy atom. The van der Waals surface area contributed by atoms with Crippen LogP contribution in [-0.2, 0) is 14.8 Å². The van der Waals surface area contributed by atoms with Crippen LogP contribution in [0.5, 0.6) is 11.5 Å². The van der Waals surface area contributed by atoms with Gasteiger partial charge in [-0.05, 0) is 62.1 Å². The average Bonchev–Trinajstić information content (AvgIpc) is 2.76. The Bertz CT molecular complexity index is 1000. The average molecular weight is 447 g/mol. The van der Waals surface area contributed by atoms with E-state index in [0.717, 1.165) is 16.9 Å². The number of carbonyl (C=O) groups excluding carboxylic acids is 1. The van der Waals surface area contributed by atoms with Crippen LogP contribution in [0, 0.1) is 13.8 Å². The minimum Gasteiger partial charge on any atom is -0.495 e. The third-order valence-corrected chi connectivity index (χ3v) is 7.48. The molecule has 0 spiro atoms. The summed E-state index contributed by atoms with van der Waals surface area (Å²) >= 11 is 0. The molecule has 1 amide bonds. The van der Waals surface area contributed by atoms with Crippen molar-refractivity contribution in [1.29, 1.82) is 0 Å². The van der Waals surface area contributed by atoms with Gasteiger partial charge in [0.15, 0.2) is 0 Å². The molecule has 168 valence electrons. The third-order valence-electron chi connectivity index (χ3n) is 5.56. The maximum atomic E-state index is 13.2. The number of hydrogen-bond donors (Lipinski definition) is 1. The Hall–Kier alpha value is -2.58. The molecule has 3 rings (SSSR count). The van der Waals surface area contributed by atoms with Crippen LogP contribution < -0.4 is 14.8 Å². The van der Waals surface area contributed by atoms with Crippen molar-refractivity contribution in [3.63, 3.8) is 0 Å². The summed E-state index contributed by atoms with van der Waals surface area (Å²) < 4.78 is 38.7. The van der Waals surface area contributed by atoms with Gasteiger partial charge in [0.25, 0.3) is 0 Å². The number of amides is 1. The molecule has 1 saturated heterocycles. The van der Waals surface area contributed by atoms with Gasteiger partial charge in [-0.1, -0.05) is 18.2 Å². The standard InChI is InChI=1S/C23H30N2O5S/c1-17-15-21(29-3)22(16-18(17)2)31(27,28)25-12-9-19(10-13-25)24-23(26)11-14-30-20-7-5-4-6-8-20/h4-8,15-16,19H,9-14H2,1-3H3,(H,24,26). The SMILES string of the molecule is COc1cc(C)c(C)cc1S(=O)(=O)N1CCC(NC(=O)CCOc2ccccc2)CC1. The van der Waals surface area contributed by atoms with E-state index in [0.29, 0.717) is 38.3 Å². The van der Waals surface area contributed by atoms with Crippen LogP contribution in [0.2, 0.25) is 0 Å². The Labute approximate surface area is 184 Å². The fourth-order valence-corrected chi connectivity index (χ4v) is 5.27. The fourth-order valence-electron chi connectivity index (χ4n) is 3.58. The van der Waals surface area contributed by atoms with Crippen LogP contribution in [0.1, 0.15) is 30.4 Å². The smallest absolute Gasteiger partial charge is 0.246 e. The number of hydrogen-bond acceptors (Lipinski definition) is 5. The molecule has 0 atom stereocenters. The third kappa shape index (κ3) is 5.77. The number of sulfonamides is 1. The molecule has 2 aromatic carbocycles. The van der Waals surface area contributed by atoms with Gasteiger partial charge in [0.1, 0.15) is 16.4 Å². The minimum absolute atomic E-state index is 0.0441. The maximum absolute atomic E-state index is 13.2. The maximum Gasteiger partial charge on any atom is 0.246 e. The number of piperidine rings is 1. The zero-order valence-corrected chi connectivity index (χ0v) is 19.1. The van der Waals surface area contributed by atoms with Gasteiger partial charge >= 0.3 is 0 Å². The van der Waals surface area contributed by atoms with Crippen LogP contribution in [0.4, 0.5) is 0 Å². The molecule has 1 aliphatic heterocycles. The first kappa shape index (κ1) is 23.1. The van der Waals surface area contributed by atoms with Crippen molar-refractivity contribution in [2.75, 3.05) is 26.8 Å². The lowest BCUT2D eigenvalue weighted by molar-refractivity contribution is -0.122. The highest BCUT2D eigenvalue weighted by Crippen LogP contribution is 2.31. The first-order chi connectivity index (χ1) is 14.8.